The highest BCUT2D eigenvalue weighted by Crippen LogP contribution is 2.47. The van der Waals surface area contributed by atoms with E-state index >= 15 is 0 Å². The van der Waals surface area contributed by atoms with E-state index in [0.29, 0.717) is 0 Å². The van der Waals surface area contributed by atoms with Gasteiger partial charge in [-0.25, -0.2) is 4.57 Å². The summed E-state index contributed by atoms with van der Waals surface area (Å²) in [5.41, 5.74) is 0. The summed E-state index contributed by atoms with van der Waals surface area (Å²) < 4.78 is 74.7. The number of aliphatic hydroxyl groups excluding tert-OH is 4. The van der Waals surface area contributed by atoms with Crippen LogP contribution in [0.1, 0.15) is 20.8 Å². The van der Waals surface area contributed by atoms with Crippen LogP contribution < -0.4 is 9.79 Å². The van der Waals surface area contributed by atoms with Gasteiger partial charge in [0.1, 0.15) is 54.9 Å². The third-order valence-electron chi connectivity index (χ3n) is 6.44. The first-order valence-electron chi connectivity index (χ1n) is 12.0. The van der Waals surface area contributed by atoms with Crippen molar-refractivity contribution in [1.82, 2.24) is 0 Å². The van der Waals surface area contributed by atoms with Gasteiger partial charge < -0.3 is 72.3 Å². The Morgan fingerprint density at radius 2 is 0.950 bits per heavy atom. The van der Waals surface area contributed by atoms with Crippen LogP contribution in [0.3, 0.4) is 0 Å². The predicted molar refractivity (Wildman–Crippen MR) is 122 cm³/mol. The Morgan fingerprint density at radius 1 is 0.600 bits per heavy atom. The molecule has 22 heteroatoms. The van der Waals surface area contributed by atoms with Crippen molar-refractivity contribution in [2.75, 3.05) is 19.8 Å². The largest absolute Gasteiger partial charge is 0.756 e. The summed E-state index contributed by atoms with van der Waals surface area (Å²) in [6.07, 6.45) is -15.9. The Morgan fingerprint density at radius 3 is 1.30 bits per heavy atom. The molecule has 0 aromatic carbocycles. The lowest BCUT2D eigenvalue weighted by Crippen LogP contribution is -2.38. The number of phosphoric ester groups is 3. The van der Waals surface area contributed by atoms with Crippen LogP contribution >= 0.6 is 23.5 Å². The van der Waals surface area contributed by atoms with E-state index < -0.39 is 117 Å². The normalized spacial score (nSPS) is 43.6. The Bertz CT molecular complexity index is 993. The molecular formula is C18H33O19P3-2. The van der Waals surface area contributed by atoms with Crippen LogP contribution in [0.5, 0.6) is 0 Å². The molecule has 19 nitrogen and oxygen atoms in total. The molecule has 0 aromatic rings. The van der Waals surface area contributed by atoms with Crippen molar-refractivity contribution in [2.24, 2.45) is 0 Å². The third-order valence-corrected chi connectivity index (χ3v) is 8.86. The molecule has 3 heterocycles. The maximum atomic E-state index is 12.4. The molecule has 3 rings (SSSR count). The molecule has 6 N–H and O–H groups in total. The topological polar surface area (TPSA) is 293 Å². The van der Waals surface area contributed by atoms with E-state index in [1.54, 1.807) is 0 Å². The number of rotatable bonds is 13. The highest BCUT2D eigenvalue weighted by atomic mass is 31.2. The standard InChI is InChI=1S/C18H35O19P3/c1-7-13(19)14(20)10(33-7)5-31-39(26,27)37-18-9(3)35-12(16(18)22)6-32-40(28,29)36-17-8(2)34-11(15(17)21)4-30-38(23,24)25/h7-22H,4-6H2,1-3H3,(H,26,27)(H,28,29)(H2,23,24,25)/p-2/t7-,8-,9-,10+,11+,12+,13?,14?,15?,16?,17?,18?/m0/s1. The minimum Gasteiger partial charge on any atom is -0.756 e. The smallest absolute Gasteiger partial charge is 0.469 e. The molecule has 0 aromatic heterocycles. The summed E-state index contributed by atoms with van der Waals surface area (Å²) in [5.74, 6) is 0. The second-order valence-corrected chi connectivity index (χ2v) is 13.5. The second-order valence-electron chi connectivity index (χ2n) is 9.51. The number of aliphatic hydroxyl groups is 4. The minimum atomic E-state index is -5.21. The lowest BCUT2D eigenvalue weighted by Gasteiger charge is -2.31. The summed E-state index contributed by atoms with van der Waals surface area (Å²) in [6.45, 7) is 1.82. The second kappa shape index (κ2) is 13.4. The number of hydrogen-bond acceptors (Lipinski definition) is 17. The van der Waals surface area contributed by atoms with Crippen molar-refractivity contribution in [3.63, 3.8) is 0 Å². The first-order valence-corrected chi connectivity index (χ1v) is 16.4. The first-order chi connectivity index (χ1) is 18.3. The van der Waals surface area contributed by atoms with E-state index in [2.05, 4.69) is 4.52 Å². The van der Waals surface area contributed by atoms with Crippen LogP contribution in [0.2, 0.25) is 0 Å². The fourth-order valence-corrected chi connectivity index (χ4v) is 6.66. The summed E-state index contributed by atoms with van der Waals surface area (Å²) in [4.78, 5) is 42.2. The molecule has 14 atom stereocenters. The summed E-state index contributed by atoms with van der Waals surface area (Å²) in [5, 5.41) is 40.3. The summed E-state index contributed by atoms with van der Waals surface area (Å²) in [7, 11) is -15.2. The fourth-order valence-electron chi connectivity index (χ4n) is 4.35. The SMILES string of the molecule is C[C@@H]1O[C@H](COP(=O)([O-])OC2C(O)[C@@H](COP(=O)([O-])OC3C(O)[C@@H](COP(=O)(O)O)O[C@H]3C)O[C@H]2C)C(O)C1O. The van der Waals surface area contributed by atoms with Crippen molar-refractivity contribution in [3.8, 4) is 0 Å². The van der Waals surface area contributed by atoms with E-state index in [0.717, 1.165) is 0 Å². The van der Waals surface area contributed by atoms with Crippen molar-refractivity contribution in [1.29, 1.82) is 0 Å². The highest BCUT2D eigenvalue weighted by Gasteiger charge is 2.47. The third kappa shape index (κ3) is 9.03. The molecule has 0 aliphatic carbocycles. The Hall–Kier alpha value is 0.0500. The fraction of sp³-hybridized carbons (Fsp3) is 1.00. The maximum absolute atomic E-state index is 12.4. The molecule has 3 fully saturated rings. The van der Waals surface area contributed by atoms with Gasteiger partial charge in [-0.3, -0.25) is 13.7 Å². The molecule has 0 amide bonds. The van der Waals surface area contributed by atoms with Crippen LogP contribution in [0.25, 0.3) is 0 Å². The quantitative estimate of drug-likeness (QED) is 0.106. The van der Waals surface area contributed by atoms with Crippen LogP contribution in [0.4, 0.5) is 0 Å². The number of ether oxygens (including phenoxy) is 3. The van der Waals surface area contributed by atoms with Gasteiger partial charge in [0.05, 0.1) is 38.1 Å². The van der Waals surface area contributed by atoms with Crippen LogP contribution in [0, 0.1) is 0 Å². The molecule has 3 aliphatic rings. The number of phosphoric acid groups is 3. The van der Waals surface area contributed by atoms with E-state index in [9.17, 15) is 43.9 Å². The van der Waals surface area contributed by atoms with Gasteiger partial charge in [-0.05, 0) is 20.8 Å². The maximum Gasteiger partial charge on any atom is 0.469 e. The van der Waals surface area contributed by atoms with Crippen LogP contribution in [-0.4, -0.2) is 123 Å². The Kier molecular flexibility index (Phi) is 11.5. The van der Waals surface area contributed by atoms with Crippen molar-refractivity contribution < 1.29 is 90.5 Å². The lowest BCUT2D eigenvalue weighted by atomic mass is 10.1. The van der Waals surface area contributed by atoms with Crippen LogP contribution in [0.15, 0.2) is 0 Å². The first kappa shape index (κ1) is 34.5. The van der Waals surface area contributed by atoms with Crippen LogP contribution in [-0.2, 0) is 50.5 Å². The molecule has 236 valence electrons. The summed E-state index contributed by atoms with van der Waals surface area (Å²) >= 11 is 0. The van der Waals surface area contributed by atoms with E-state index in [1.165, 1.54) is 20.8 Å². The van der Waals surface area contributed by atoms with Gasteiger partial charge in [-0.2, -0.15) is 0 Å². The van der Waals surface area contributed by atoms with E-state index in [1.807, 2.05) is 0 Å². The van der Waals surface area contributed by atoms with Gasteiger partial charge >= 0.3 is 7.82 Å². The highest BCUT2D eigenvalue weighted by molar-refractivity contribution is 7.46. The average molecular weight is 646 g/mol. The predicted octanol–water partition coefficient (Wildman–Crippen LogP) is -3.36. The molecule has 3 aliphatic heterocycles. The summed E-state index contributed by atoms with van der Waals surface area (Å²) in [6, 6.07) is 0. The molecular weight excluding hydrogens is 613 g/mol. The Labute approximate surface area is 228 Å². The van der Waals surface area contributed by atoms with Gasteiger partial charge in [0.25, 0.3) is 15.6 Å². The van der Waals surface area contributed by atoms with Crippen molar-refractivity contribution >= 4 is 23.5 Å². The van der Waals surface area contributed by atoms with Crippen molar-refractivity contribution in [3.05, 3.63) is 0 Å². The zero-order valence-corrected chi connectivity index (χ0v) is 24.1. The molecule has 40 heavy (non-hydrogen) atoms. The van der Waals surface area contributed by atoms with Gasteiger partial charge in [0, 0.05) is 0 Å². The monoisotopic (exact) mass is 646 g/mol. The molecule has 0 spiro atoms. The average Bonchev–Trinajstić information content (AvgIpc) is 3.36. The zero-order valence-electron chi connectivity index (χ0n) is 21.4. The number of hydrogen-bond donors (Lipinski definition) is 6. The van der Waals surface area contributed by atoms with Crippen molar-refractivity contribution in [2.45, 2.75) is 94.0 Å². The molecule has 8 unspecified atom stereocenters. The van der Waals surface area contributed by atoms with Gasteiger partial charge in [0.2, 0.25) is 0 Å². The minimum absolute atomic E-state index is 0.688. The Balaban J connectivity index is 1.49. The lowest BCUT2D eigenvalue weighted by molar-refractivity contribution is -0.237. The van der Waals surface area contributed by atoms with Gasteiger partial charge in [-0.15, -0.1) is 0 Å². The molecule has 0 saturated carbocycles. The molecule has 0 radical (unpaired) electrons. The van der Waals surface area contributed by atoms with Gasteiger partial charge in [0.15, 0.2) is 0 Å². The zero-order chi connectivity index (χ0) is 30.2. The molecule has 0 bridgehead atoms. The van der Waals surface area contributed by atoms with E-state index in [-0.39, 0.29) is 0 Å². The van der Waals surface area contributed by atoms with Gasteiger partial charge in [-0.1, -0.05) is 0 Å². The van der Waals surface area contributed by atoms with E-state index in [4.69, 9.17) is 42.1 Å². The molecule has 3 saturated heterocycles.